The van der Waals surface area contributed by atoms with E-state index in [-0.39, 0.29) is 18.0 Å². The maximum absolute atomic E-state index is 15.3. The zero-order valence-corrected chi connectivity index (χ0v) is 25.9. The van der Waals surface area contributed by atoms with Crippen molar-refractivity contribution in [2.75, 3.05) is 43.1 Å². The number of likely N-dealkylation sites (N-methyl/N-ethyl adjacent to an activating group) is 1. The Morgan fingerprint density at radius 2 is 1.81 bits per heavy atom. The smallest absolute Gasteiger partial charge is 0.260 e. The molecule has 1 fully saturated rings. The summed E-state index contributed by atoms with van der Waals surface area (Å²) in [5.74, 6) is -4.69. The van der Waals surface area contributed by atoms with Gasteiger partial charge in [-0.3, -0.25) is 14.1 Å². The fourth-order valence-electron chi connectivity index (χ4n) is 5.48. The van der Waals surface area contributed by atoms with Gasteiger partial charge in [-0.25, -0.2) is 26.6 Å². The largest absolute Gasteiger partial charge is 0.383 e. The lowest BCUT2D eigenvalue weighted by Gasteiger charge is -2.34. The molecule has 0 bridgehead atoms. The van der Waals surface area contributed by atoms with Crippen LogP contribution in [0.1, 0.15) is 58.9 Å². The number of anilines is 2. The lowest BCUT2D eigenvalue weighted by molar-refractivity contribution is 0.121. The van der Waals surface area contributed by atoms with Gasteiger partial charge in [-0.1, -0.05) is 6.92 Å². The average molecular weight is 625 g/mol. The van der Waals surface area contributed by atoms with Crippen LogP contribution in [0, 0.1) is 17.5 Å². The second kappa shape index (κ2) is 13.6. The van der Waals surface area contributed by atoms with Crippen LogP contribution < -0.4 is 15.6 Å². The maximum Gasteiger partial charge on any atom is 0.260 e. The second-order valence-corrected chi connectivity index (χ2v) is 13.1. The Kier molecular flexibility index (Phi) is 10.3. The van der Waals surface area contributed by atoms with Crippen LogP contribution in [0.15, 0.2) is 23.1 Å². The lowest BCUT2D eigenvalue weighted by Crippen LogP contribution is -2.39. The summed E-state index contributed by atoms with van der Waals surface area (Å²) < 4.78 is 77.7. The van der Waals surface area contributed by atoms with Gasteiger partial charge in [0.2, 0.25) is 16.0 Å². The zero-order valence-electron chi connectivity index (χ0n) is 25.1. The number of ether oxygens (including phenoxy) is 1. The number of methoxy groups -OCH3 is 1. The number of pyridine rings is 1. The molecule has 0 aliphatic heterocycles. The molecule has 1 aliphatic rings. The first-order chi connectivity index (χ1) is 20.4. The molecule has 0 unspecified atom stereocenters. The molecule has 4 rings (SSSR count). The highest BCUT2D eigenvalue weighted by molar-refractivity contribution is 7.92. The highest BCUT2D eigenvalue weighted by atomic mass is 32.2. The second-order valence-electron chi connectivity index (χ2n) is 11.3. The minimum absolute atomic E-state index is 0.149. The van der Waals surface area contributed by atoms with E-state index in [0.717, 1.165) is 32.2 Å². The summed E-state index contributed by atoms with van der Waals surface area (Å²) in [4.78, 5) is 24.9. The van der Waals surface area contributed by atoms with E-state index in [2.05, 4.69) is 27.2 Å². The number of fused-ring (bicyclic) bond motifs is 1. The van der Waals surface area contributed by atoms with Gasteiger partial charge in [-0.05, 0) is 65.1 Å². The molecule has 14 heteroatoms. The monoisotopic (exact) mass is 624 g/mol. The molecule has 43 heavy (non-hydrogen) atoms. The van der Waals surface area contributed by atoms with Gasteiger partial charge >= 0.3 is 0 Å². The van der Waals surface area contributed by atoms with Crippen molar-refractivity contribution in [2.45, 2.75) is 71.0 Å². The van der Waals surface area contributed by atoms with Crippen molar-refractivity contribution in [1.29, 1.82) is 0 Å². The number of nitrogens with one attached hydrogen (secondary N) is 2. The number of hydrogen-bond acceptors (Lipinski definition) is 8. The third kappa shape index (κ3) is 7.29. The summed E-state index contributed by atoms with van der Waals surface area (Å²) in [5.41, 5.74) is -2.48. The van der Waals surface area contributed by atoms with Gasteiger partial charge in [0.15, 0.2) is 17.5 Å². The Labute approximate surface area is 249 Å². The van der Waals surface area contributed by atoms with Crippen LogP contribution in [0.2, 0.25) is 0 Å². The molecule has 2 aromatic heterocycles. The number of aromatic nitrogens is 3. The first-order valence-corrected chi connectivity index (χ1v) is 16.1. The standard InChI is InChI=1S/C29H39F3N6O4S/c1-6-13-43(40,41)36-26-23(30)15-21(24(31)25(26)32)22-14-18-16-33-29(35-27(18)38(17(2)3)28(22)39)34-19-7-9-20(10-8-19)37(4)11-12-42-5/h14-17,19-20,36H,6-13H2,1-5H3,(H,33,34,35)/t19-,20-. The molecule has 1 aromatic carbocycles. The quantitative estimate of drug-likeness (QED) is 0.273. The minimum atomic E-state index is -4.10. The average Bonchev–Trinajstić information content (AvgIpc) is 2.96. The van der Waals surface area contributed by atoms with Crippen LogP contribution in [-0.4, -0.2) is 73.0 Å². The van der Waals surface area contributed by atoms with E-state index >= 15 is 4.39 Å². The number of rotatable bonds is 12. The van der Waals surface area contributed by atoms with Crippen molar-refractivity contribution in [3.63, 3.8) is 0 Å². The lowest BCUT2D eigenvalue weighted by atomic mass is 9.90. The number of hydrogen-bond donors (Lipinski definition) is 2. The molecular formula is C29H39F3N6O4S. The molecule has 10 nitrogen and oxygen atoms in total. The van der Waals surface area contributed by atoms with Gasteiger partial charge in [0, 0.05) is 48.9 Å². The van der Waals surface area contributed by atoms with E-state index in [0.29, 0.717) is 35.7 Å². The van der Waals surface area contributed by atoms with Crippen LogP contribution in [-0.2, 0) is 14.8 Å². The van der Waals surface area contributed by atoms with Crippen molar-refractivity contribution >= 4 is 32.7 Å². The highest BCUT2D eigenvalue weighted by Crippen LogP contribution is 2.32. The predicted octanol–water partition coefficient (Wildman–Crippen LogP) is 4.91. The maximum atomic E-state index is 15.3. The van der Waals surface area contributed by atoms with E-state index < -0.39 is 56.1 Å². The van der Waals surface area contributed by atoms with Gasteiger partial charge in [-0.2, -0.15) is 4.98 Å². The summed E-state index contributed by atoms with van der Waals surface area (Å²) in [6.07, 6.45) is 5.51. The number of benzene rings is 1. The van der Waals surface area contributed by atoms with Crippen molar-refractivity contribution in [3.05, 3.63) is 46.1 Å². The minimum Gasteiger partial charge on any atom is -0.383 e. The summed E-state index contributed by atoms with van der Waals surface area (Å²) in [7, 11) is -0.307. The van der Waals surface area contributed by atoms with Crippen LogP contribution in [0.25, 0.3) is 22.2 Å². The van der Waals surface area contributed by atoms with Crippen LogP contribution in [0.5, 0.6) is 0 Å². The molecule has 0 spiro atoms. The van der Waals surface area contributed by atoms with Crippen molar-refractivity contribution in [3.8, 4) is 11.1 Å². The van der Waals surface area contributed by atoms with Crippen molar-refractivity contribution in [2.24, 2.45) is 0 Å². The molecule has 0 saturated heterocycles. The summed E-state index contributed by atoms with van der Waals surface area (Å²) in [6, 6.07) is 2.09. The predicted molar refractivity (Wildman–Crippen MR) is 161 cm³/mol. The molecule has 0 amide bonds. The molecular weight excluding hydrogens is 585 g/mol. The van der Waals surface area contributed by atoms with Crippen LogP contribution in [0.4, 0.5) is 24.8 Å². The number of halogens is 3. The molecule has 236 valence electrons. The Hall–Kier alpha value is -3.23. The van der Waals surface area contributed by atoms with Gasteiger partial charge in [0.05, 0.1) is 17.9 Å². The van der Waals surface area contributed by atoms with E-state index in [1.54, 1.807) is 32.6 Å². The highest BCUT2D eigenvalue weighted by Gasteiger charge is 2.27. The van der Waals surface area contributed by atoms with Crippen molar-refractivity contribution in [1.82, 2.24) is 19.4 Å². The Balaban J connectivity index is 1.65. The first-order valence-electron chi connectivity index (χ1n) is 14.4. The van der Waals surface area contributed by atoms with Crippen LogP contribution >= 0.6 is 0 Å². The SMILES string of the molecule is CCCS(=O)(=O)Nc1c(F)cc(-c2cc3cnc(N[C@H]4CC[C@H](N(C)CCOC)CC4)nc3n(C(C)C)c2=O)c(F)c1F. The first kappa shape index (κ1) is 32.7. The normalized spacial score (nSPS) is 17.6. The molecule has 2 heterocycles. The van der Waals surface area contributed by atoms with E-state index in [4.69, 9.17) is 4.74 Å². The zero-order chi connectivity index (χ0) is 31.5. The molecule has 3 aromatic rings. The summed E-state index contributed by atoms with van der Waals surface area (Å²) >= 11 is 0. The van der Waals surface area contributed by atoms with E-state index in [1.165, 1.54) is 16.8 Å². The molecule has 1 saturated carbocycles. The fraction of sp³-hybridized carbons (Fsp3) is 0.552. The molecule has 0 radical (unpaired) electrons. The molecule has 0 atom stereocenters. The molecule has 1 aliphatic carbocycles. The van der Waals surface area contributed by atoms with Crippen molar-refractivity contribution < 1.29 is 26.3 Å². The third-order valence-electron chi connectivity index (χ3n) is 7.77. The Morgan fingerprint density at radius 3 is 2.44 bits per heavy atom. The fourth-order valence-corrected chi connectivity index (χ4v) is 6.62. The molecule has 2 N–H and O–H groups in total. The van der Waals surface area contributed by atoms with Gasteiger partial charge in [0.25, 0.3) is 5.56 Å². The summed E-state index contributed by atoms with van der Waals surface area (Å²) in [6.45, 7) is 6.61. The third-order valence-corrected chi connectivity index (χ3v) is 9.23. The Morgan fingerprint density at radius 1 is 1.12 bits per heavy atom. The number of sulfonamides is 1. The van der Waals surface area contributed by atoms with Gasteiger partial charge < -0.3 is 15.0 Å². The Bertz CT molecular complexity index is 1620. The van der Waals surface area contributed by atoms with Gasteiger partial charge in [-0.15, -0.1) is 0 Å². The van der Waals surface area contributed by atoms with E-state index in [9.17, 15) is 22.0 Å². The van der Waals surface area contributed by atoms with Crippen LogP contribution in [0.3, 0.4) is 0 Å². The van der Waals surface area contributed by atoms with Gasteiger partial charge in [0.1, 0.15) is 11.3 Å². The topological polar surface area (TPSA) is 118 Å². The summed E-state index contributed by atoms with van der Waals surface area (Å²) in [5, 5.41) is 3.74. The number of nitrogens with zero attached hydrogens (tertiary/aromatic N) is 4. The van der Waals surface area contributed by atoms with E-state index in [1.807, 2.05) is 0 Å².